The molecule has 18 heavy (non-hydrogen) atoms. The van der Waals surface area contributed by atoms with Crippen LogP contribution in [-0.4, -0.2) is 23.5 Å². The lowest BCUT2D eigenvalue weighted by molar-refractivity contribution is 0.0924. The normalized spacial score (nSPS) is 13.5. The number of carbonyl (C=O) groups excluding carboxylic acids is 1. The lowest BCUT2D eigenvalue weighted by atomic mass is 9.82. The van der Waals surface area contributed by atoms with Crippen LogP contribution in [-0.2, 0) is 5.41 Å². The molecule has 0 aliphatic rings. The van der Waals surface area contributed by atoms with Crippen LogP contribution >= 0.6 is 0 Å². The van der Waals surface area contributed by atoms with Crippen molar-refractivity contribution in [1.82, 2.24) is 0 Å². The quantitative estimate of drug-likeness (QED) is 0.806. The van der Waals surface area contributed by atoms with E-state index >= 15 is 0 Å². The third kappa shape index (κ3) is 2.98. The van der Waals surface area contributed by atoms with E-state index in [-0.39, 0.29) is 17.8 Å². The van der Waals surface area contributed by atoms with E-state index in [2.05, 4.69) is 20.8 Å². The number of aliphatic hydroxyl groups excluding tert-OH is 1. The second kappa shape index (κ2) is 5.21. The molecule has 1 aromatic rings. The fraction of sp³-hybridized carbons (Fsp3) is 0.533. The van der Waals surface area contributed by atoms with Crippen LogP contribution in [0.1, 0.15) is 47.8 Å². The van der Waals surface area contributed by atoms with Crippen LogP contribution in [0.2, 0.25) is 0 Å². The number of aryl methyl sites for hydroxylation is 2. The average molecular weight is 249 g/mol. The van der Waals surface area contributed by atoms with Crippen LogP contribution < -0.4 is 5.73 Å². The molecule has 0 aliphatic carbocycles. The van der Waals surface area contributed by atoms with Crippen molar-refractivity contribution in [3.63, 3.8) is 0 Å². The summed E-state index contributed by atoms with van der Waals surface area (Å²) >= 11 is 0. The van der Waals surface area contributed by atoms with Gasteiger partial charge in [-0.25, -0.2) is 0 Å². The Morgan fingerprint density at radius 1 is 1.28 bits per heavy atom. The Hall–Kier alpha value is -1.19. The van der Waals surface area contributed by atoms with Crippen molar-refractivity contribution in [2.75, 3.05) is 6.61 Å². The number of ketones is 1. The number of benzene rings is 1. The Morgan fingerprint density at radius 2 is 1.72 bits per heavy atom. The Labute approximate surface area is 109 Å². The smallest absolute Gasteiger partial charge is 0.182 e. The number of hydrogen-bond acceptors (Lipinski definition) is 3. The summed E-state index contributed by atoms with van der Waals surface area (Å²) in [7, 11) is 0. The maximum Gasteiger partial charge on any atom is 0.182 e. The van der Waals surface area contributed by atoms with Gasteiger partial charge in [-0.05, 0) is 36.0 Å². The predicted octanol–water partition coefficient (Wildman–Crippen LogP) is 2.10. The van der Waals surface area contributed by atoms with E-state index in [1.807, 2.05) is 26.0 Å². The van der Waals surface area contributed by atoms with Crippen molar-refractivity contribution in [3.8, 4) is 0 Å². The van der Waals surface area contributed by atoms with Crippen LogP contribution in [0.3, 0.4) is 0 Å². The SMILES string of the molecule is Cc1cc(C(C)(C)C)cc(C)c1C(=O)C(N)CO. The first-order valence-electron chi connectivity index (χ1n) is 6.21. The molecule has 3 N–H and O–H groups in total. The lowest BCUT2D eigenvalue weighted by Gasteiger charge is -2.22. The van der Waals surface area contributed by atoms with E-state index in [4.69, 9.17) is 10.8 Å². The summed E-state index contributed by atoms with van der Waals surface area (Å²) in [6.45, 7) is 9.93. The van der Waals surface area contributed by atoms with Gasteiger partial charge in [0.05, 0.1) is 12.6 Å². The highest BCUT2D eigenvalue weighted by Crippen LogP contribution is 2.27. The fourth-order valence-corrected chi connectivity index (χ4v) is 2.05. The summed E-state index contributed by atoms with van der Waals surface area (Å²) in [6.07, 6.45) is 0. The zero-order valence-electron chi connectivity index (χ0n) is 11.9. The Bertz CT molecular complexity index is 435. The van der Waals surface area contributed by atoms with E-state index in [9.17, 15) is 4.79 Å². The minimum atomic E-state index is -0.831. The summed E-state index contributed by atoms with van der Waals surface area (Å²) in [5, 5.41) is 8.99. The molecule has 0 aliphatic heterocycles. The first kappa shape index (κ1) is 14.9. The first-order valence-corrected chi connectivity index (χ1v) is 6.21. The number of carbonyl (C=O) groups is 1. The van der Waals surface area contributed by atoms with Gasteiger partial charge >= 0.3 is 0 Å². The van der Waals surface area contributed by atoms with Gasteiger partial charge in [-0.15, -0.1) is 0 Å². The van der Waals surface area contributed by atoms with Gasteiger partial charge in [0.2, 0.25) is 0 Å². The Morgan fingerprint density at radius 3 is 2.06 bits per heavy atom. The molecule has 0 spiro atoms. The first-order chi connectivity index (χ1) is 8.18. The molecule has 1 aromatic carbocycles. The number of rotatable bonds is 3. The van der Waals surface area contributed by atoms with Crippen LogP contribution in [0, 0.1) is 13.8 Å². The molecule has 1 rings (SSSR count). The van der Waals surface area contributed by atoms with Gasteiger partial charge in [0.15, 0.2) is 5.78 Å². The second-order valence-corrected chi connectivity index (χ2v) is 5.89. The molecule has 0 fully saturated rings. The van der Waals surface area contributed by atoms with Crippen molar-refractivity contribution in [2.45, 2.75) is 46.1 Å². The van der Waals surface area contributed by atoms with Crippen LogP contribution in [0.15, 0.2) is 12.1 Å². The van der Waals surface area contributed by atoms with Crippen molar-refractivity contribution >= 4 is 5.78 Å². The molecular formula is C15H23NO2. The van der Waals surface area contributed by atoms with Gasteiger partial charge in [-0.1, -0.05) is 32.9 Å². The van der Waals surface area contributed by atoms with Crippen LogP contribution in [0.25, 0.3) is 0 Å². The summed E-state index contributed by atoms with van der Waals surface area (Å²) in [5.41, 5.74) is 9.36. The lowest BCUT2D eigenvalue weighted by Crippen LogP contribution is -2.35. The zero-order chi connectivity index (χ0) is 14.1. The third-order valence-corrected chi connectivity index (χ3v) is 3.18. The minimum absolute atomic E-state index is 0.0518. The van der Waals surface area contributed by atoms with Crippen molar-refractivity contribution < 1.29 is 9.90 Å². The number of Topliss-reactive ketones (excluding diaryl/α,β-unsaturated/α-hetero) is 1. The fourth-order valence-electron chi connectivity index (χ4n) is 2.05. The molecule has 3 heteroatoms. The molecule has 0 saturated carbocycles. The highest BCUT2D eigenvalue weighted by atomic mass is 16.3. The topological polar surface area (TPSA) is 63.3 Å². The largest absolute Gasteiger partial charge is 0.394 e. The average Bonchev–Trinajstić information content (AvgIpc) is 2.25. The second-order valence-electron chi connectivity index (χ2n) is 5.89. The zero-order valence-corrected chi connectivity index (χ0v) is 11.9. The molecule has 0 heterocycles. The van der Waals surface area contributed by atoms with Crippen LogP contribution in [0.5, 0.6) is 0 Å². The van der Waals surface area contributed by atoms with E-state index in [1.54, 1.807) is 0 Å². The predicted molar refractivity (Wildman–Crippen MR) is 74.0 cm³/mol. The maximum atomic E-state index is 12.1. The molecule has 3 nitrogen and oxygen atoms in total. The number of aliphatic hydroxyl groups is 1. The van der Waals surface area contributed by atoms with Crippen molar-refractivity contribution in [2.24, 2.45) is 5.73 Å². The molecule has 0 aromatic heterocycles. The highest BCUT2D eigenvalue weighted by molar-refractivity contribution is 6.02. The standard InChI is InChI=1S/C15H23NO2/c1-9-6-11(15(3,4)5)7-10(2)13(9)14(18)12(16)8-17/h6-7,12,17H,8,16H2,1-5H3. The van der Waals surface area contributed by atoms with E-state index in [0.29, 0.717) is 5.56 Å². The van der Waals surface area contributed by atoms with Gasteiger partial charge in [0.25, 0.3) is 0 Å². The summed E-state index contributed by atoms with van der Waals surface area (Å²) in [4.78, 5) is 12.1. The van der Waals surface area contributed by atoms with Crippen LogP contribution in [0.4, 0.5) is 0 Å². The summed E-state index contributed by atoms with van der Waals surface area (Å²) in [5.74, 6) is -0.187. The van der Waals surface area contributed by atoms with Gasteiger partial charge in [0, 0.05) is 5.56 Å². The number of nitrogens with two attached hydrogens (primary N) is 1. The maximum absolute atomic E-state index is 12.1. The molecule has 0 saturated heterocycles. The Kier molecular flexibility index (Phi) is 4.30. The van der Waals surface area contributed by atoms with Gasteiger partial charge in [-0.3, -0.25) is 4.79 Å². The molecule has 0 amide bonds. The Balaban J connectivity index is 3.30. The molecule has 0 radical (unpaired) electrons. The molecular weight excluding hydrogens is 226 g/mol. The van der Waals surface area contributed by atoms with E-state index in [0.717, 1.165) is 11.1 Å². The number of hydrogen-bond donors (Lipinski definition) is 2. The monoisotopic (exact) mass is 249 g/mol. The van der Waals surface area contributed by atoms with Crippen molar-refractivity contribution in [1.29, 1.82) is 0 Å². The highest BCUT2D eigenvalue weighted by Gasteiger charge is 2.22. The van der Waals surface area contributed by atoms with Crippen molar-refractivity contribution in [3.05, 3.63) is 34.4 Å². The van der Waals surface area contributed by atoms with E-state index < -0.39 is 6.04 Å². The molecule has 100 valence electrons. The minimum Gasteiger partial charge on any atom is -0.394 e. The molecule has 1 unspecified atom stereocenters. The molecule has 1 atom stereocenters. The molecule has 0 bridgehead atoms. The van der Waals surface area contributed by atoms with Gasteiger partial charge in [-0.2, -0.15) is 0 Å². The van der Waals surface area contributed by atoms with E-state index in [1.165, 1.54) is 5.56 Å². The summed E-state index contributed by atoms with van der Waals surface area (Å²) in [6, 6.07) is 3.23. The third-order valence-electron chi connectivity index (χ3n) is 3.18. The summed E-state index contributed by atoms with van der Waals surface area (Å²) < 4.78 is 0. The van der Waals surface area contributed by atoms with Gasteiger partial charge < -0.3 is 10.8 Å². The van der Waals surface area contributed by atoms with Gasteiger partial charge in [0.1, 0.15) is 0 Å².